The van der Waals surface area contributed by atoms with Gasteiger partial charge in [-0.1, -0.05) is 22.0 Å². The number of carbonyl (C=O) groups excluding carboxylic acids is 1. The molecule has 0 saturated carbocycles. The number of carbonyl (C=O) groups is 1. The zero-order chi connectivity index (χ0) is 13.8. The van der Waals surface area contributed by atoms with E-state index in [1.807, 2.05) is 0 Å². The van der Waals surface area contributed by atoms with Gasteiger partial charge in [-0.2, -0.15) is 0 Å². The molecule has 98 valence electrons. The van der Waals surface area contributed by atoms with Crippen molar-refractivity contribution in [3.05, 3.63) is 46.7 Å². The molecule has 0 amide bonds. The predicted octanol–water partition coefficient (Wildman–Crippen LogP) is 3.89. The lowest BCUT2D eigenvalue weighted by Gasteiger charge is -2.23. The van der Waals surface area contributed by atoms with Gasteiger partial charge in [-0.05, 0) is 44.0 Å². The fraction of sp³-hybridized carbons (Fsp3) is 0.357. The second-order valence-electron chi connectivity index (χ2n) is 4.25. The summed E-state index contributed by atoms with van der Waals surface area (Å²) >= 11 is 3.28. The Morgan fingerprint density at radius 1 is 1.61 bits per heavy atom. The Kier molecular flexibility index (Phi) is 5.08. The number of halogens is 2. The van der Waals surface area contributed by atoms with E-state index in [1.54, 1.807) is 26.0 Å². The Hall–Kier alpha value is -1.16. The molecule has 0 spiro atoms. The lowest BCUT2D eigenvalue weighted by molar-refractivity contribution is -0.151. The zero-order valence-corrected chi connectivity index (χ0v) is 12.1. The number of hydrogen-bond acceptors (Lipinski definition) is 2. The van der Waals surface area contributed by atoms with Crippen molar-refractivity contribution in [1.29, 1.82) is 0 Å². The van der Waals surface area contributed by atoms with Crippen molar-refractivity contribution in [2.45, 2.75) is 20.3 Å². The van der Waals surface area contributed by atoms with E-state index in [2.05, 4.69) is 22.5 Å². The smallest absolute Gasteiger partial charge is 0.315 e. The van der Waals surface area contributed by atoms with Gasteiger partial charge in [0.15, 0.2) is 0 Å². The minimum Gasteiger partial charge on any atom is -0.465 e. The number of ether oxygens (including phenoxy) is 1. The van der Waals surface area contributed by atoms with Crippen LogP contribution in [-0.2, 0) is 16.0 Å². The van der Waals surface area contributed by atoms with Crippen LogP contribution in [0.25, 0.3) is 0 Å². The van der Waals surface area contributed by atoms with E-state index in [-0.39, 0.29) is 18.2 Å². The Morgan fingerprint density at radius 3 is 2.83 bits per heavy atom. The van der Waals surface area contributed by atoms with Gasteiger partial charge < -0.3 is 4.74 Å². The Balaban J connectivity index is 3.01. The normalized spacial score (nSPS) is 13.8. The summed E-state index contributed by atoms with van der Waals surface area (Å²) in [5.74, 6) is -0.727. The summed E-state index contributed by atoms with van der Waals surface area (Å²) in [7, 11) is 0. The van der Waals surface area contributed by atoms with Crippen LogP contribution in [0.5, 0.6) is 0 Å². The zero-order valence-electron chi connectivity index (χ0n) is 10.5. The highest BCUT2D eigenvalue weighted by atomic mass is 79.9. The maximum Gasteiger partial charge on any atom is 0.315 e. The van der Waals surface area contributed by atoms with E-state index < -0.39 is 5.41 Å². The van der Waals surface area contributed by atoms with Crippen molar-refractivity contribution < 1.29 is 13.9 Å². The van der Waals surface area contributed by atoms with Gasteiger partial charge in [0.1, 0.15) is 5.82 Å². The van der Waals surface area contributed by atoms with Gasteiger partial charge in [-0.3, -0.25) is 4.79 Å². The van der Waals surface area contributed by atoms with Crippen molar-refractivity contribution in [3.63, 3.8) is 0 Å². The quantitative estimate of drug-likeness (QED) is 0.609. The molecule has 0 radical (unpaired) electrons. The van der Waals surface area contributed by atoms with Crippen LogP contribution in [0, 0.1) is 11.2 Å². The molecule has 1 aromatic carbocycles. The lowest BCUT2D eigenvalue weighted by Crippen LogP contribution is -2.30. The monoisotopic (exact) mass is 314 g/mol. The molecule has 1 unspecified atom stereocenters. The first kappa shape index (κ1) is 14.9. The molecular weight excluding hydrogens is 299 g/mol. The van der Waals surface area contributed by atoms with Crippen molar-refractivity contribution in [2.24, 2.45) is 5.41 Å². The van der Waals surface area contributed by atoms with Crippen molar-refractivity contribution >= 4 is 21.9 Å². The van der Waals surface area contributed by atoms with E-state index in [4.69, 9.17) is 4.74 Å². The summed E-state index contributed by atoms with van der Waals surface area (Å²) < 4.78 is 19.4. The molecule has 1 rings (SSSR count). The van der Waals surface area contributed by atoms with Gasteiger partial charge >= 0.3 is 5.97 Å². The number of benzene rings is 1. The first-order chi connectivity index (χ1) is 8.42. The van der Waals surface area contributed by atoms with E-state index in [0.29, 0.717) is 12.2 Å². The Bertz CT molecular complexity index is 459. The standard InChI is InChI=1S/C14H16BrFO2/c1-4-14(3,13(17)18-5-2)9-10-8-11(15)6-7-12(10)16/h4,6-8H,1,5,9H2,2-3H3. The molecule has 0 N–H and O–H groups in total. The van der Waals surface area contributed by atoms with Gasteiger partial charge in [-0.25, -0.2) is 4.39 Å². The third-order valence-corrected chi connectivity index (χ3v) is 3.25. The van der Waals surface area contributed by atoms with E-state index in [1.165, 1.54) is 12.1 Å². The molecule has 0 heterocycles. The summed E-state index contributed by atoms with van der Waals surface area (Å²) in [6.07, 6.45) is 1.73. The van der Waals surface area contributed by atoms with Crippen LogP contribution >= 0.6 is 15.9 Å². The fourth-order valence-corrected chi connectivity index (χ4v) is 2.01. The fourth-order valence-electron chi connectivity index (χ4n) is 1.60. The van der Waals surface area contributed by atoms with Crippen molar-refractivity contribution in [2.75, 3.05) is 6.61 Å². The first-order valence-electron chi connectivity index (χ1n) is 5.67. The highest BCUT2D eigenvalue weighted by Gasteiger charge is 2.32. The minimum absolute atomic E-state index is 0.223. The highest BCUT2D eigenvalue weighted by molar-refractivity contribution is 9.10. The predicted molar refractivity (Wildman–Crippen MR) is 72.7 cm³/mol. The molecular formula is C14H16BrFO2. The summed E-state index contributed by atoms with van der Waals surface area (Å²) in [5.41, 5.74) is -0.461. The average molecular weight is 315 g/mol. The Labute approximate surface area is 115 Å². The molecule has 0 bridgehead atoms. The largest absolute Gasteiger partial charge is 0.465 e. The van der Waals surface area contributed by atoms with Crippen LogP contribution in [0.4, 0.5) is 4.39 Å². The molecule has 0 saturated heterocycles. The van der Waals surface area contributed by atoms with Crippen LogP contribution in [0.1, 0.15) is 19.4 Å². The molecule has 0 aliphatic rings. The number of rotatable bonds is 5. The average Bonchev–Trinajstić information content (AvgIpc) is 2.34. The van der Waals surface area contributed by atoms with Crippen LogP contribution < -0.4 is 0 Å². The highest BCUT2D eigenvalue weighted by Crippen LogP contribution is 2.28. The van der Waals surface area contributed by atoms with Crippen LogP contribution in [0.3, 0.4) is 0 Å². The molecule has 0 aromatic heterocycles. The summed E-state index contributed by atoms with van der Waals surface area (Å²) in [6, 6.07) is 4.65. The molecule has 2 nitrogen and oxygen atoms in total. The number of esters is 1. The van der Waals surface area contributed by atoms with Gasteiger partial charge in [0.05, 0.1) is 12.0 Å². The summed E-state index contributed by atoms with van der Waals surface area (Å²) in [4.78, 5) is 11.9. The van der Waals surface area contributed by atoms with Gasteiger partial charge in [-0.15, -0.1) is 6.58 Å². The number of hydrogen-bond donors (Lipinski definition) is 0. The molecule has 0 aliphatic carbocycles. The molecule has 0 aliphatic heterocycles. The third kappa shape index (κ3) is 3.42. The van der Waals surface area contributed by atoms with E-state index >= 15 is 0 Å². The molecule has 0 fully saturated rings. The lowest BCUT2D eigenvalue weighted by atomic mass is 9.83. The van der Waals surface area contributed by atoms with Gasteiger partial charge in [0.2, 0.25) is 0 Å². The van der Waals surface area contributed by atoms with Gasteiger partial charge in [0.25, 0.3) is 0 Å². The molecule has 1 aromatic rings. The third-order valence-electron chi connectivity index (χ3n) is 2.76. The van der Waals surface area contributed by atoms with E-state index in [0.717, 1.165) is 4.47 Å². The van der Waals surface area contributed by atoms with Gasteiger partial charge in [0, 0.05) is 4.47 Å². The summed E-state index contributed by atoms with van der Waals surface area (Å²) in [5, 5.41) is 0. The van der Waals surface area contributed by atoms with Crippen molar-refractivity contribution in [1.82, 2.24) is 0 Å². The first-order valence-corrected chi connectivity index (χ1v) is 6.47. The topological polar surface area (TPSA) is 26.3 Å². The van der Waals surface area contributed by atoms with Crippen molar-refractivity contribution in [3.8, 4) is 0 Å². The van der Waals surface area contributed by atoms with Crippen LogP contribution in [-0.4, -0.2) is 12.6 Å². The molecule has 18 heavy (non-hydrogen) atoms. The van der Waals surface area contributed by atoms with Crippen LogP contribution in [0.15, 0.2) is 35.3 Å². The maximum atomic E-state index is 13.7. The van der Waals surface area contributed by atoms with Crippen LogP contribution in [0.2, 0.25) is 0 Å². The maximum absolute atomic E-state index is 13.7. The molecule has 1 atom stereocenters. The Morgan fingerprint density at radius 2 is 2.28 bits per heavy atom. The second kappa shape index (κ2) is 6.14. The SMILES string of the molecule is C=CC(C)(Cc1cc(Br)ccc1F)C(=O)OCC. The van der Waals surface area contributed by atoms with E-state index in [9.17, 15) is 9.18 Å². The second-order valence-corrected chi connectivity index (χ2v) is 5.17. The molecule has 4 heteroatoms. The summed E-state index contributed by atoms with van der Waals surface area (Å²) in [6.45, 7) is 7.37. The minimum atomic E-state index is -0.919.